The lowest BCUT2D eigenvalue weighted by Gasteiger charge is -2.24. The molecule has 1 aromatic rings. The Morgan fingerprint density at radius 2 is 2.25 bits per heavy atom. The van der Waals surface area contributed by atoms with Crippen LogP contribution in [-0.2, 0) is 14.9 Å². The Kier molecular flexibility index (Phi) is 4.03. The van der Waals surface area contributed by atoms with E-state index in [9.17, 15) is 9.90 Å². The number of benzene rings is 1. The second-order valence-corrected chi connectivity index (χ2v) is 7.06. The number of para-hydroxylation sites is 1. The summed E-state index contributed by atoms with van der Waals surface area (Å²) in [5.41, 5.74) is 6.12. The van der Waals surface area contributed by atoms with E-state index in [1.165, 1.54) is 11.2 Å². The smallest absolute Gasteiger partial charge is 0.237 e. The third kappa shape index (κ3) is 2.86. The van der Waals surface area contributed by atoms with Crippen LogP contribution in [0.15, 0.2) is 36.2 Å². The van der Waals surface area contributed by atoms with Crippen molar-refractivity contribution in [3.05, 3.63) is 41.7 Å². The van der Waals surface area contributed by atoms with Crippen LogP contribution in [0.25, 0.3) is 0 Å². The molecule has 1 amide bonds. The summed E-state index contributed by atoms with van der Waals surface area (Å²) >= 11 is 0. The van der Waals surface area contributed by atoms with Gasteiger partial charge in [-0.05, 0) is 31.9 Å². The number of fused-ring (bicyclic) bond motifs is 2. The van der Waals surface area contributed by atoms with Gasteiger partial charge in [-0.15, -0.1) is 0 Å². The first-order chi connectivity index (χ1) is 11.2. The number of ether oxygens (including phenoxy) is 1. The van der Waals surface area contributed by atoms with Gasteiger partial charge < -0.3 is 25.9 Å². The molecule has 1 saturated heterocycles. The molecule has 0 bridgehead atoms. The molecule has 1 fully saturated rings. The Morgan fingerprint density at radius 3 is 2.96 bits per heavy atom. The fraction of sp³-hybridized carbons (Fsp3) is 0.471. The highest BCUT2D eigenvalue weighted by Gasteiger charge is 2.52. The molecular weight excluding hydrogens is 308 g/mol. The fourth-order valence-corrected chi connectivity index (χ4v) is 3.23. The average molecular weight is 332 g/mol. The lowest BCUT2D eigenvalue weighted by Crippen LogP contribution is -2.39. The Balaban J connectivity index is 1.71. The Labute approximate surface area is 141 Å². The first-order valence-electron chi connectivity index (χ1n) is 7.96. The van der Waals surface area contributed by atoms with Crippen molar-refractivity contribution in [3.63, 3.8) is 0 Å². The van der Waals surface area contributed by atoms with Crippen LogP contribution in [0.3, 0.4) is 0 Å². The Morgan fingerprint density at radius 1 is 1.54 bits per heavy atom. The number of hydrogen-bond acceptors (Lipinski definition) is 6. The third-order valence-electron chi connectivity index (χ3n) is 4.69. The second kappa shape index (κ2) is 5.77. The fourth-order valence-electron chi connectivity index (χ4n) is 3.23. The van der Waals surface area contributed by atoms with Gasteiger partial charge in [0.1, 0.15) is 5.41 Å². The summed E-state index contributed by atoms with van der Waals surface area (Å²) in [7, 11) is 0. The van der Waals surface area contributed by atoms with Crippen molar-refractivity contribution in [2.24, 2.45) is 11.6 Å². The molecule has 2 atom stereocenters. The van der Waals surface area contributed by atoms with E-state index in [1.807, 2.05) is 24.3 Å². The maximum absolute atomic E-state index is 12.5. The molecule has 130 valence electrons. The van der Waals surface area contributed by atoms with Gasteiger partial charge in [-0.3, -0.25) is 4.79 Å². The second-order valence-electron chi connectivity index (χ2n) is 7.06. The van der Waals surface area contributed by atoms with E-state index < -0.39 is 11.0 Å². The summed E-state index contributed by atoms with van der Waals surface area (Å²) in [6, 6.07) is 7.69. The maximum atomic E-state index is 12.5. The molecule has 2 heterocycles. The van der Waals surface area contributed by atoms with Crippen LogP contribution in [0.1, 0.15) is 25.8 Å². The summed E-state index contributed by atoms with van der Waals surface area (Å²) in [6.07, 6.45) is 1.86. The molecule has 3 rings (SSSR count). The van der Waals surface area contributed by atoms with E-state index in [0.717, 1.165) is 11.3 Å². The number of amides is 1. The summed E-state index contributed by atoms with van der Waals surface area (Å²) in [5.74, 6) is 5.93. The van der Waals surface area contributed by atoms with Crippen molar-refractivity contribution in [3.8, 4) is 0 Å². The Hall–Kier alpha value is -2.09. The van der Waals surface area contributed by atoms with E-state index in [0.29, 0.717) is 19.6 Å². The van der Waals surface area contributed by atoms with Crippen molar-refractivity contribution in [1.29, 1.82) is 0 Å². The van der Waals surface area contributed by atoms with Crippen molar-refractivity contribution in [2.75, 3.05) is 18.5 Å². The molecule has 0 aliphatic carbocycles. The minimum absolute atomic E-state index is 0.0266. The number of carbonyl (C=O) groups is 1. The van der Waals surface area contributed by atoms with Crippen LogP contribution in [0.5, 0.6) is 0 Å². The zero-order chi connectivity index (χ0) is 17.5. The molecule has 0 aromatic heterocycles. The lowest BCUT2D eigenvalue weighted by molar-refractivity contribution is -0.120. The lowest BCUT2D eigenvalue weighted by atomic mass is 9.79. The van der Waals surface area contributed by atoms with E-state index in [4.69, 9.17) is 16.3 Å². The normalized spacial score (nSPS) is 26.6. The molecule has 7 heteroatoms. The molecule has 1 aromatic carbocycles. The van der Waals surface area contributed by atoms with Gasteiger partial charge in [0.05, 0.1) is 30.6 Å². The molecule has 0 saturated carbocycles. The van der Waals surface area contributed by atoms with Crippen LogP contribution in [0.2, 0.25) is 0 Å². The summed E-state index contributed by atoms with van der Waals surface area (Å²) in [4.78, 5) is 12.5. The first-order valence-corrected chi connectivity index (χ1v) is 7.96. The maximum Gasteiger partial charge on any atom is 0.237 e. The number of nitrogens with two attached hydrogens (primary N) is 2. The van der Waals surface area contributed by atoms with E-state index >= 15 is 0 Å². The Bertz CT molecular complexity index is 683. The SMILES string of the molecule is CC(C)(O)/C(N)=C/N(N)CC1CC2(CO1)C(=O)Nc1ccccc12. The number of nitrogens with zero attached hydrogens (tertiary/aromatic N) is 1. The quantitative estimate of drug-likeness (QED) is 0.469. The average Bonchev–Trinajstić information content (AvgIpc) is 3.02. The topological polar surface area (TPSA) is 114 Å². The van der Waals surface area contributed by atoms with Gasteiger partial charge in [0.15, 0.2) is 0 Å². The molecule has 2 unspecified atom stereocenters. The van der Waals surface area contributed by atoms with Crippen molar-refractivity contribution in [1.82, 2.24) is 5.01 Å². The highest BCUT2D eigenvalue weighted by molar-refractivity contribution is 6.06. The van der Waals surface area contributed by atoms with Gasteiger partial charge in [0, 0.05) is 11.9 Å². The van der Waals surface area contributed by atoms with Gasteiger partial charge >= 0.3 is 0 Å². The zero-order valence-corrected chi connectivity index (χ0v) is 14.0. The predicted octanol–water partition coefficient (Wildman–Crippen LogP) is 0.412. The van der Waals surface area contributed by atoms with Crippen molar-refractivity contribution in [2.45, 2.75) is 37.4 Å². The first kappa shape index (κ1) is 16.8. The van der Waals surface area contributed by atoms with Crippen LogP contribution in [0, 0.1) is 0 Å². The molecule has 2 aliphatic rings. The van der Waals surface area contributed by atoms with Crippen LogP contribution >= 0.6 is 0 Å². The number of aliphatic hydroxyl groups is 1. The number of nitrogens with one attached hydrogen (secondary N) is 1. The van der Waals surface area contributed by atoms with Gasteiger partial charge in [-0.1, -0.05) is 18.2 Å². The number of hydrogen-bond donors (Lipinski definition) is 4. The highest BCUT2D eigenvalue weighted by Crippen LogP contribution is 2.45. The predicted molar refractivity (Wildman–Crippen MR) is 90.6 cm³/mol. The van der Waals surface area contributed by atoms with Crippen LogP contribution in [-0.4, -0.2) is 40.9 Å². The number of anilines is 1. The van der Waals surface area contributed by atoms with Crippen LogP contribution in [0.4, 0.5) is 5.69 Å². The number of rotatable bonds is 4. The van der Waals surface area contributed by atoms with Gasteiger partial charge in [-0.25, -0.2) is 5.84 Å². The van der Waals surface area contributed by atoms with Crippen molar-refractivity contribution < 1.29 is 14.6 Å². The van der Waals surface area contributed by atoms with Gasteiger partial charge in [-0.2, -0.15) is 0 Å². The number of carbonyl (C=O) groups excluding carboxylic acids is 1. The molecule has 6 N–H and O–H groups in total. The van der Waals surface area contributed by atoms with Crippen molar-refractivity contribution >= 4 is 11.6 Å². The van der Waals surface area contributed by atoms with E-state index in [-0.39, 0.29) is 17.7 Å². The standard InChI is InChI=1S/C17H24N4O3/c1-16(2,23)14(18)9-21(19)8-11-7-17(10-24-11)12-5-3-4-6-13(12)20-15(17)22/h3-6,9,11,23H,7-8,10,18-19H2,1-2H3,(H,20,22)/b14-9-. The van der Waals surface area contributed by atoms with E-state index in [1.54, 1.807) is 13.8 Å². The van der Waals surface area contributed by atoms with Gasteiger partial charge in [0.2, 0.25) is 5.91 Å². The van der Waals surface area contributed by atoms with Gasteiger partial charge in [0.25, 0.3) is 0 Å². The molecule has 2 aliphatic heterocycles. The summed E-state index contributed by atoms with van der Waals surface area (Å²) in [6.45, 7) is 3.90. The summed E-state index contributed by atoms with van der Waals surface area (Å²) < 4.78 is 5.84. The third-order valence-corrected chi connectivity index (χ3v) is 4.69. The highest BCUT2D eigenvalue weighted by atomic mass is 16.5. The summed E-state index contributed by atoms with van der Waals surface area (Å²) in [5, 5.41) is 14.2. The van der Waals surface area contributed by atoms with E-state index in [2.05, 4.69) is 5.32 Å². The largest absolute Gasteiger partial charge is 0.398 e. The minimum atomic E-state index is -1.14. The molecule has 7 nitrogen and oxygen atoms in total. The molecule has 1 spiro atoms. The zero-order valence-electron chi connectivity index (χ0n) is 14.0. The minimum Gasteiger partial charge on any atom is -0.398 e. The molecular formula is C17H24N4O3. The monoisotopic (exact) mass is 332 g/mol. The number of hydrazine groups is 1. The van der Waals surface area contributed by atoms with Crippen LogP contribution < -0.4 is 16.9 Å². The molecule has 24 heavy (non-hydrogen) atoms. The molecule has 0 radical (unpaired) electrons.